The van der Waals surface area contributed by atoms with Crippen LogP contribution in [0.15, 0.2) is 34.0 Å². The number of nitrogens with two attached hydrogens (primary N) is 2. The molecule has 4 atom stereocenters. The molecule has 1 saturated heterocycles. The van der Waals surface area contributed by atoms with Gasteiger partial charge in [-0.05, 0) is 87.1 Å². The highest BCUT2D eigenvalue weighted by Crippen LogP contribution is 2.60. The van der Waals surface area contributed by atoms with Crippen molar-refractivity contribution in [3.63, 3.8) is 0 Å². The molecule has 5 N–H and O–H groups in total. The van der Waals surface area contributed by atoms with Crippen molar-refractivity contribution in [2.75, 3.05) is 20.2 Å². The van der Waals surface area contributed by atoms with E-state index in [-0.39, 0.29) is 16.7 Å². The Morgan fingerprint density at radius 2 is 2.06 bits per heavy atom. The van der Waals surface area contributed by atoms with Crippen LogP contribution in [0.3, 0.4) is 0 Å². The third kappa shape index (κ3) is 4.79. The van der Waals surface area contributed by atoms with Crippen LogP contribution in [0, 0.1) is 28.1 Å². The van der Waals surface area contributed by atoms with E-state index >= 15 is 0 Å². The maximum atomic E-state index is 9.89. The van der Waals surface area contributed by atoms with Crippen LogP contribution < -0.4 is 16.2 Å². The number of aromatic nitrogens is 2. The molecule has 2 aliphatic carbocycles. The molecule has 1 aromatic heterocycles. The summed E-state index contributed by atoms with van der Waals surface area (Å²) >= 11 is 1.64. The third-order valence-electron chi connectivity index (χ3n) is 8.02. The molecule has 3 heterocycles. The normalized spacial score (nSPS) is 30.0. The number of nitrogens with one attached hydrogen (secondary N) is 1. The van der Waals surface area contributed by atoms with Crippen molar-refractivity contribution in [3.05, 3.63) is 39.7 Å². The van der Waals surface area contributed by atoms with Crippen LogP contribution >= 0.6 is 11.8 Å². The Kier molecular flexibility index (Phi) is 8.38. The molecule has 8 nitrogen and oxygen atoms in total. The fraction of sp³-hybridized carbons (Fsp3) is 0.630. The molecule has 36 heavy (non-hydrogen) atoms. The number of hydrogen-bond acceptors (Lipinski definition) is 9. The number of allylic oxidation sites excluding steroid dienone is 3. The van der Waals surface area contributed by atoms with E-state index in [4.69, 9.17) is 21.6 Å². The first-order valence-corrected chi connectivity index (χ1v) is 14.1. The number of hydrogen-bond donors (Lipinski definition) is 3. The van der Waals surface area contributed by atoms with E-state index in [1.54, 1.807) is 24.0 Å². The SMILES string of the molecule is CC.CN1CCC[C@H]1COc1nccc(C(=N)C2=C(N)C3(CCCC4=C3C(C#N)C(N)S4)CCC2)n1. The van der Waals surface area contributed by atoms with E-state index in [1.165, 1.54) is 11.3 Å². The average Bonchev–Trinajstić information content (AvgIpc) is 3.47. The van der Waals surface area contributed by atoms with Crippen molar-refractivity contribution in [1.82, 2.24) is 14.9 Å². The quantitative estimate of drug-likeness (QED) is 0.499. The Morgan fingerprint density at radius 3 is 2.75 bits per heavy atom. The standard InChI is InChI=1S/C25H33N7OS.C2H6/c1-32-12-4-5-15(32)14-33-24-30-11-8-18(31-24)21(27)16-6-2-9-25(22(16)28)10-3-7-19-20(25)17(13-26)23(29)34-19;1-2/h8,11,15,17,23,27H,2-7,9-10,12,14,28-29H2,1H3;1-2H3/t15-,17?,23?,25?;/m0./s1. The molecule has 9 heteroatoms. The molecular formula is C27H39N7OS. The van der Waals surface area contributed by atoms with Crippen molar-refractivity contribution in [3.8, 4) is 12.1 Å². The zero-order chi connectivity index (χ0) is 25.9. The molecule has 1 fully saturated rings. The van der Waals surface area contributed by atoms with E-state index in [2.05, 4.69) is 28.0 Å². The molecule has 1 aromatic rings. The second-order valence-corrected chi connectivity index (χ2v) is 11.2. The molecule has 194 valence electrons. The van der Waals surface area contributed by atoms with Crippen LogP contribution in [-0.2, 0) is 0 Å². The van der Waals surface area contributed by atoms with Gasteiger partial charge in [-0.3, -0.25) is 5.41 Å². The lowest BCUT2D eigenvalue weighted by atomic mass is 9.60. The highest BCUT2D eigenvalue weighted by Gasteiger charge is 2.51. The molecule has 5 rings (SSSR count). The number of nitrogens with zero attached hydrogens (tertiary/aromatic N) is 4. The maximum absolute atomic E-state index is 9.89. The number of rotatable bonds is 5. The van der Waals surface area contributed by atoms with Crippen LogP contribution in [0.5, 0.6) is 6.01 Å². The van der Waals surface area contributed by atoms with Crippen LogP contribution in [0.25, 0.3) is 0 Å². The molecule has 0 amide bonds. The van der Waals surface area contributed by atoms with Gasteiger partial charge in [0.1, 0.15) is 6.61 Å². The summed E-state index contributed by atoms with van der Waals surface area (Å²) in [4.78, 5) is 12.4. The minimum Gasteiger partial charge on any atom is -0.462 e. The van der Waals surface area contributed by atoms with E-state index in [9.17, 15) is 5.26 Å². The van der Waals surface area contributed by atoms with Crippen molar-refractivity contribution in [1.29, 1.82) is 10.7 Å². The first-order chi connectivity index (χ1) is 17.4. The summed E-state index contributed by atoms with van der Waals surface area (Å²) in [7, 11) is 2.11. The summed E-state index contributed by atoms with van der Waals surface area (Å²) in [5, 5.41) is 18.7. The van der Waals surface area contributed by atoms with Gasteiger partial charge in [0.05, 0.1) is 28.8 Å². The third-order valence-corrected chi connectivity index (χ3v) is 9.27. The minimum atomic E-state index is -0.367. The van der Waals surface area contributed by atoms with Gasteiger partial charge in [0.25, 0.3) is 0 Å². The molecular weight excluding hydrogens is 470 g/mol. The maximum Gasteiger partial charge on any atom is 0.317 e. The van der Waals surface area contributed by atoms with Crippen molar-refractivity contribution >= 4 is 17.5 Å². The molecule has 1 spiro atoms. The first-order valence-electron chi connectivity index (χ1n) is 13.2. The smallest absolute Gasteiger partial charge is 0.317 e. The topological polar surface area (TPSA) is 138 Å². The Hall–Kier alpha value is -2.41. The highest BCUT2D eigenvalue weighted by molar-refractivity contribution is 8.03. The van der Waals surface area contributed by atoms with Crippen LogP contribution in [0.2, 0.25) is 0 Å². The van der Waals surface area contributed by atoms with Crippen molar-refractivity contribution in [2.24, 2.45) is 22.8 Å². The number of likely N-dealkylation sites (tertiary alicyclic amines) is 1. The zero-order valence-corrected chi connectivity index (χ0v) is 22.5. The van der Waals surface area contributed by atoms with E-state index in [0.29, 0.717) is 30.1 Å². The summed E-state index contributed by atoms with van der Waals surface area (Å²) < 4.78 is 5.90. The monoisotopic (exact) mass is 509 g/mol. The largest absolute Gasteiger partial charge is 0.462 e. The fourth-order valence-corrected chi connectivity index (χ4v) is 7.58. The van der Waals surface area contributed by atoms with Gasteiger partial charge in [-0.2, -0.15) is 10.2 Å². The van der Waals surface area contributed by atoms with Crippen LogP contribution in [-0.4, -0.2) is 52.2 Å². The van der Waals surface area contributed by atoms with Gasteiger partial charge in [-0.1, -0.05) is 13.8 Å². The van der Waals surface area contributed by atoms with E-state index in [1.807, 2.05) is 13.8 Å². The van der Waals surface area contributed by atoms with Gasteiger partial charge in [0.15, 0.2) is 0 Å². The molecule has 0 saturated carbocycles. The molecule has 0 bridgehead atoms. The second-order valence-electron chi connectivity index (χ2n) is 9.89. The predicted molar refractivity (Wildman–Crippen MR) is 144 cm³/mol. The summed E-state index contributed by atoms with van der Waals surface area (Å²) in [6, 6.07) is 4.88. The van der Waals surface area contributed by atoms with Crippen molar-refractivity contribution < 1.29 is 4.74 Å². The highest BCUT2D eigenvalue weighted by atomic mass is 32.2. The predicted octanol–water partition coefficient (Wildman–Crippen LogP) is 4.34. The molecule has 0 aromatic carbocycles. The van der Waals surface area contributed by atoms with E-state index in [0.717, 1.165) is 68.3 Å². The number of likely N-dealkylation sites (N-methyl/N-ethyl adjacent to an activating group) is 1. The van der Waals surface area contributed by atoms with Gasteiger partial charge in [-0.15, -0.1) is 11.8 Å². The lowest BCUT2D eigenvalue weighted by molar-refractivity contribution is 0.187. The molecule has 2 aliphatic heterocycles. The van der Waals surface area contributed by atoms with Crippen LogP contribution in [0.4, 0.5) is 0 Å². The second kappa shape index (κ2) is 11.3. The molecule has 4 aliphatic rings. The van der Waals surface area contributed by atoms with Crippen LogP contribution in [0.1, 0.15) is 70.9 Å². The Morgan fingerprint density at radius 1 is 1.31 bits per heavy atom. The summed E-state index contributed by atoms with van der Waals surface area (Å²) in [5.41, 5.74) is 16.4. The number of ether oxygens (including phenoxy) is 1. The number of thioether (sulfide) groups is 1. The van der Waals surface area contributed by atoms with Gasteiger partial charge in [0, 0.05) is 23.4 Å². The molecule has 0 radical (unpaired) electrons. The minimum absolute atomic E-state index is 0.233. The number of fused-ring (bicyclic) bond motifs is 1. The lowest BCUT2D eigenvalue weighted by Gasteiger charge is -2.44. The Labute approximate surface area is 219 Å². The van der Waals surface area contributed by atoms with Gasteiger partial charge < -0.3 is 21.1 Å². The summed E-state index contributed by atoms with van der Waals surface area (Å²) in [6.07, 6.45) is 9.42. The zero-order valence-electron chi connectivity index (χ0n) is 21.7. The lowest BCUT2D eigenvalue weighted by Crippen LogP contribution is -2.40. The van der Waals surface area contributed by atoms with E-state index < -0.39 is 0 Å². The van der Waals surface area contributed by atoms with Gasteiger partial charge in [-0.25, -0.2) is 4.98 Å². The van der Waals surface area contributed by atoms with Crippen molar-refractivity contribution in [2.45, 2.75) is 76.6 Å². The average molecular weight is 510 g/mol. The fourth-order valence-electron chi connectivity index (χ4n) is 6.20. The van der Waals surface area contributed by atoms with Gasteiger partial charge in [0.2, 0.25) is 0 Å². The summed E-state index contributed by atoms with van der Waals surface area (Å²) in [6.45, 7) is 5.63. The molecule has 3 unspecified atom stereocenters. The summed E-state index contributed by atoms with van der Waals surface area (Å²) in [5.74, 6) is -0.319. The Balaban J connectivity index is 0.00000148. The first kappa shape index (κ1) is 26.6. The Bertz CT molecular complexity index is 1090. The van der Waals surface area contributed by atoms with Gasteiger partial charge >= 0.3 is 6.01 Å². The number of nitriles is 1.